The summed E-state index contributed by atoms with van der Waals surface area (Å²) in [5.41, 5.74) is 4.53. The molecule has 1 saturated heterocycles. The van der Waals surface area contributed by atoms with Crippen molar-refractivity contribution in [1.29, 1.82) is 0 Å². The van der Waals surface area contributed by atoms with Crippen molar-refractivity contribution in [3.05, 3.63) is 71.2 Å². The summed E-state index contributed by atoms with van der Waals surface area (Å²) < 4.78 is 0. The topological polar surface area (TPSA) is 36.4 Å². The highest BCUT2D eigenvalue weighted by molar-refractivity contribution is 7.13. The summed E-state index contributed by atoms with van der Waals surface area (Å²) in [6, 6.07) is 18.6. The van der Waals surface area contributed by atoms with Crippen LogP contribution in [0.25, 0.3) is 10.6 Å². The van der Waals surface area contributed by atoms with Crippen LogP contribution in [0.4, 0.5) is 5.69 Å². The van der Waals surface area contributed by atoms with E-state index < -0.39 is 0 Å². The van der Waals surface area contributed by atoms with E-state index in [4.69, 9.17) is 0 Å². The fourth-order valence-electron chi connectivity index (χ4n) is 3.48. The van der Waals surface area contributed by atoms with Crippen molar-refractivity contribution in [3.63, 3.8) is 0 Å². The summed E-state index contributed by atoms with van der Waals surface area (Å²) in [6.45, 7) is 5.43. The van der Waals surface area contributed by atoms with Gasteiger partial charge >= 0.3 is 0 Å². The highest BCUT2D eigenvalue weighted by atomic mass is 32.1. The Morgan fingerprint density at radius 2 is 1.70 bits per heavy atom. The Bertz CT molecular complexity index is 914. The van der Waals surface area contributed by atoms with Crippen LogP contribution in [0.3, 0.4) is 0 Å². The number of hydrogen-bond donors (Lipinski definition) is 0. The molecule has 4 rings (SSSR count). The van der Waals surface area contributed by atoms with Gasteiger partial charge in [-0.3, -0.25) is 4.79 Å². The molecule has 0 N–H and O–H groups in total. The standard InChI is InChI=1S/C22H23N3OS/c1-17-7-5-6-10-20(17)24-11-13-25(14-12-24)21(26)15-19-16-27-22(23-19)18-8-3-2-4-9-18/h2-10,16H,11-15H2,1H3. The zero-order valence-electron chi connectivity index (χ0n) is 15.5. The van der Waals surface area contributed by atoms with Crippen molar-refractivity contribution < 1.29 is 4.79 Å². The average molecular weight is 378 g/mol. The number of anilines is 1. The summed E-state index contributed by atoms with van der Waals surface area (Å²) in [6.07, 6.45) is 0.383. The first kappa shape index (κ1) is 17.7. The molecule has 1 amide bonds. The Hall–Kier alpha value is -2.66. The molecule has 2 aromatic carbocycles. The minimum atomic E-state index is 0.171. The lowest BCUT2D eigenvalue weighted by Gasteiger charge is -2.36. The van der Waals surface area contributed by atoms with Gasteiger partial charge in [0.15, 0.2) is 0 Å². The lowest BCUT2D eigenvalue weighted by atomic mass is 10.1. The van der Waals surface area contributed by atoms with Crippen molar-refractivity contribution in [3.8, 4) is 10.6 Å². The minimum absolute atomic E-state index is 0.171. The molecule has 0 radical (unpaired) electrons. The van der Waals surface area contributed by atoms with E-state index in [2.05, 4.69) is 53.2 Å². The Balaban J connectivity index is 1.35. The van der Waals surface area contributed by atoms with Gasteiger partial charge in [0.2, 0.25) is 5.91 Å². The highest BCUT2D eigenvalue weighted by Gasteiger charge is 2.22. The number of thiazole rings is 1. The lowest BCUT2D eigenvalue weighted by molar-refractivity contribution is -0.130. The zero-order chi connectivity index (χ0) is 18.6. The molecule has 138 valence electrons. The van der Waals surface area contributed by atoms with E-state index in [0.717, 1.165) is 42.4 Å². The molecular formula is C22H23N3OS. The van der Waals surface area contributed by atoms with Gasteiger partial charge in [0.1, 0.15) is 5.01 Å². The summed E-state index contributed by atoms with van der Waals surface area (Å²) in [5.74, 6) is 0.171. The number of carbonyl (C=O) groups excluding carboxylic acids is 1. The third-order valence-corrected chi connectivity index (χ3v) is 5.93. The van der Waals surface area contributed by atoms with Crippen LogP contribution in [0.2, 0.25) is 0 Å². The van der Waals surface area contributed by atoms with Crippen molar-refractivity contribution in [2.24, 2.45) is 0 Å². The van der Waals surface area contributed by atoms with Gasteiger partial charge in [-0.05, 0) is 18.6 Å². The molecule has 0 saturated carbocycles. The maximum Gasteiger partial charge on any atom is 0.228 e. The second-order valence-corrected chi connectivity index (χ2v) is 7.70. The Labute approximate surface area is 164 Å². The van der Waals surface area contributed by atoms with Crippen LogP contribution in [0.1, 0.15) is 11.3 Å². The summed E-state index contributed by atoms with van der Waals surface area (Å²) in [5, 5.41) is 2.98. The molecular weight excluding hydrogens is 354 g/mol. The third kappa shape index (κ3) is 4.03. The summed E-state index contributed by atoms with van der Waals surface area (Å²) in [4.78, 5) is 21.7. The Kier molecular flexibility index (Phi) is 5.21. The molecule has 0 bridgehead atoms. The second-order valence-electron chi connectivity index (χ2n) is 6.84. The van der Waals surface area contributed by atoms with Gasteiger partial charge in [-0.25, -0.2) is 4.98 Å². The van der Waals surface area contributed by atoms with E-state index in [1.54, 1.807) is 11.3 Å². The number of aryl methyl sites for hydroxylation is 1. The van der Waals surface area contributed by atoms with Crippen molar-refractivity contribution in [2.75, 3.05) is 31.1 Å². The van der Waals surface area contributed by atoms with Gasteiger partial charge in [0.25, 0.3) is 0 Å². The van der Waals surface area contributed by atoms with Crippen LogP contribution in [-0.4, -0.2) is 42.0 Å². The maximum atomic E-state index is 12.7. The SMILES string of the molecule is Cc1ccccc1N1CCN(C(=O)Cc2csc(-c3ccccc3)n2)CC1. The molecule has 0 unspecified atom stereocenters. The molecule has 1 aliphatic heterocycles. The first-order valence-electron chi connectivity index (χ1n) is 9.29. The number of rotatable bonds is 4. The van der Waals surface area contributed by atoms with Crippen molar-refractivity contribution in [1.82, 2.24) is 9.88 Å². The monoisotopic (exact) mass is 377 g/mol. The molecule has 0 spiro atoms. The molecule has 0 aliphatic carbocycles. The maximum absolute atomic E-state index is 12.7. The van der Waals surface area contributed by atoms with E-state index in [1.807, 2.05) is 28.5 Å². The van der Waals surface area contributed by atoms with E-state index in [-0.39, 0.29) is 5.91 Å². The molecule has 4 nitrogen and oxygen atoms in total. The third-order valence-electron chi connectivity index (χ3n) is 4.99. The number of amides is 1. The zero-order valence-corrected chi connectivity index (χ0v) is 16.3. The normalized spacial score (nSPS) is 14.4. The van der Waals surface area contributed by atoms with Crippen LogP contribution in [0.15, 0.2) is 60.0 Å². The number of nitrogens with zero attached hydrogens (tertiary/aromatic N) is 3. The van der Waals surface area contributed by atoms with Gasteiger partial charge in [-0.2, -0.15) is 0 Å². The fourth-order valence-corrected chi connectivity index (χ4v) is 4.31. The van der Waals surface area contributed by atoms with Gasteiger partial charge in [0.05, 0.1) is 12.1 Å². The minimum Gasteiger partial charge on any atom is -0.368 e. The predicted molar refractivity (Wildman–Crippen MR) is 111 cm³/mol. The molecule has 27 heavy (non-hydrogen) atoms. The molecule has 3 aromatic rings. The van der Waals surface area contributed by atoms with E-state index in [9.17, 15) is 4.79 Å². The molecule has 1 fully saturated rings. The number of piperazine rings is 1. The first-order valence-corrected chi connectivity index (χ1v) is 10.2. The van der Waals surface area contributed by atoms with Gasteiger partial charge in [0, 0.05) is 42.8 Å². The molecule has 2 heterocycles. The second kappa shape index (κ2) is 7.92. The predicted octanol–water partition coefficient (Wildman–Crippen LogP) is 4.01. The van der Waals surface area contributed by atoms with Crippen LogP contribution >= 0.6 is 11.3 Å². The number of hydrogen-bond acceptors (Lipinski definition) is 4. The van der Waals surface area contributed by atoms with Gasteiger partial charge in [-0.15, -0.1) is 11.3 Å². The van der Waals surface area contributed by atoms with Gasteiger partial charge < -0.3 is 9.80 Å². The van der Waals surface area contributed by atoms with E-state index >= 15 is 0 Å². The number of benzene rings is 2. The highest BCUT2D eigenvalue weighted by Crippen LogP contribution is 2.24. The van der Waals surface area contributed by atoms with Crippen LogP contribution in [-0.2, 0) is 11.2 Å². The van der Waals surface area contributed by atoms with Crippen molar-refractivity contribution in [2.45, 2.75) is 13.3 Å². The van der Waals surface area contributed by atoms with Crippen LogP contribution in [0, 0.1) is 6.92 Å². The smallest absolute Gasteiger partial charge is 0.228 e. The number of para-hydroxylation sites is 1. The van der Waals surface area contributed by atoms with Gasteiger partial charge in [-0.1, -0.05) is 48.5 Å². The number of carbonyl (C=O) groups is 1. The molecule has 1 aliphatic rings. The van der Waals surface area contributed by atoms with Crippen LogP contribution in [0.5, 0.6) is 0 Å². The van der Waals surface area contributed by atoms with Crippen LogP contribution < -0.4 is 4.90 Å². The fraction of sp³-hybridized carbons (Fsp3) is 0.273. The Morgan fingerprint density at radius 3 is 2.44 bits per heavy atom. The first-order chi connectivity index (χ1) is 13.2. The molecule has 0 atom stereocenters. The quantitative estimate of drug-likeness (QED) is 0.689. The summed E-state index contributed by atoms with van der Waals surface area (Å²) >= 11 is 1.60. The molecule has 1 aromatic heterocycles. The molecule has 5 heteroatoms. The lowest BCUT2D eigenvalue weighted by Crippen LogP contribution is -2.49. The number of aromatic nitrogens is 1. The van der Waals surface area contributed by atoms with E-state index in [0.29, 0.717) is 6.42 Å². The van der Waals surface area contributed by atoms with Crippen molar-refractivity contribution >= 4 is 22.9 Å². The largest absolute Gasteiger partial charge is 0.368 e. The van der Waals surface area contributed by atoms with E-state index in [1.165, 1.54) is 11.3 Å². The average Bonchev–Trinajstić information content (AvgIpc) is 3.18. The summed E-state index contributed by atoms with van der Waals surface area (Å²) in [7, 11) is 0. The Morgan fingerprint density at radius 1 is 1.00 bits per heavy atom.